The molecular weight excluding hydrogens is 273 g/mol. The minimum atomic E-state index is -0.694. The first-order valence-electron chi connectivity index (χ1n) is 6.38. The predicted octanol–water partition coefficient (Wildman–Crippen LogP) is 2.95. The maximum Gasteiger partial charge on any atom is 0.340 e. The van der Waals surface area contributed by atoms with E-state index in [4.69, 9.17) is 0 Å². The highest BCUT2D eigenvalue weighted by atomic mass is 19.1. The Balaban J connectivity index is 2.16. The summed E-state index contributed by atoms with van der Waals surface area (Å²) in [5, 5.41) is 9.46. The van der Waals surface area contributed by atoms with E-state index < -0.39 is 11.8 Å². The van der Waals surface area contributed by atoms with Gasteiger partial charge in [-0.25, -0.2) is 9.18 Å². The highest BCUT2D eigenvalue weighted by Gasteiger charge is 2.13. The van der Waals surface area contributed by atoms with Gasteiger partial charge in [0.1, 0.15) is 11.6 Å². The summed E-state index contributed by atoms with van der Waals surface area (Å²) in [6, 6.07) is 11.2. The summed E-state index contributed by atoms with van der Waals surface area (Å²) >= 11 is 0. The van der Waals surface area contributed by atoms with Gasteiger partial charge in [0.2, 0.25) is 0 Å². The molecule has 2 rings (SSSR count). The van der Waals surface area contributed by atoms with E-state index in [9.17, 15) is 14.3 Å². The van der Waals surface area contributed by atoms with Crippen molar-refractivity contribution in [3.05, 3.63) is 59.4 Å². The first-order chi connectivity index (χ1) is 10.0. The third-order valence-corrected chi connectivity index (χ3v) is 3.13. The molecule has 0 atom stereocenters. The van der Waals surface area contributed by atoms with Crippen molar-refractivity contribution < 1.29 is 19.0 Å². The van der Waals surface area contributed by atoms with Gasteiger partial charge in [-0.3, -0.25) is 0 Å². The van der Waals surface area contributed by atoms with Gasteiger partial charge in [0.25, 0.3) is 0 Å². The summed E-state index contributed by atoms with van der Waals surface area (Å²) in [5.74, 6) is -1.13. The highest BCUT2D eigenvalue weighted by Crippen LogP contribution is 2.21. The number of phenols is 1. The summed E-state index contributed by atoms with van der Waals surface area (Å²) in [6.07, 6.45) is 0. The predicted molar refractivity (Wildman–Crippen MR) is 78.0 cm³/mol. The average Bonchev–Trinajstić information content (AvgIpc) is 2.46. The maximum atomic E-state index is 13.8. The van der Waals surface area contributed by atoms with E-state index in [1.54, 1.807) is 24.3 Å². The molecule has 2 aromatic rings. The van der Waals surface area contributed by atoms with Crippen LogP contribution in [0.4, 0.5) is 10.1 Å². The van der Waals surface area contributed by atoms with Gasteiger partial charge < -0.3 is 14.7 Å². The number of rotatable bonds is 4. The Kier molecular flexibility index (Phi) is 4.42. The van der Waals surface area contributed by atoms with E-state index in [0.717, 1.165) is 5.69 Å². The van der Waals surface area contributed by atoms with E-state index in [2.05, 4.69) is 4.74 Å². The fraction of sp³-hybridized carbons (Fsp3) is 0.188. The Morgan fingerprint density at radius 2 is 2.05 bits per heavy atom. The standard InChI is InChI=1S/C16H16FNO3/c1-18(12-4-3-5-13(19)9-12)10-11-6-7-14(15(17)8-11)16(20)21-2/h3-9,19H,10H2,1-2H3. The number of aromatic hydroxyl groups is 1. The summed E-state index contributed by atoms with van der Waals surface area (Å²) in [6.45, 7) is 0.446. The lowest BCUT2D eigenvalue weighted by Gasteiger charge is -2.19. The molecule has 0 saturated carbocycles. The van der Waals surface area contributed by atoms with Crippen LogP contribution in [0.5, 0.6) is 5.75 Å². The Labute approximate surface area is 122 Å². The van der Waals surface area contributed by atoms with E-state index in [0.29, 0.717) is 12.1 Å². The molecule has 0 aliphatic rings. The number of carbonyl (C=O) groups is 1. The number of carbonyl (C=O) groups excluding carboxylic acids is 1. The molecule has 0 unspecified atom stereocenters. The fourth-order valence-electron chi connectivity index (χ4n) is 2.03. The van der Waals surface area contributed by atoms with Crippen molar-refractivity contribution in [3.63, 3.8) is 0 Å². The number of ether oxygens (including phenoxy) is 1. The molecular formula is C16H16FNO3. The lowest BCUT2D eigenvalue weighted by atomic mass is 10.1. The second kappa shape index (κ2) is 6.26. The molecule has 5 heteroatoms. The molecule has 21 heavy (non-hydrogen) atoms. The van der Waals surface area contributed by atoms with Gasteiger partial charge in [0.15, 0.2) is 0 Å². The van der Waals surface area contributed by atoms with Crippen molar-refractivity contribution in [2.75, 3.05) is 19.1 Å². The van der Waals surface area contributed by atoms with Crippen molar-refractivity contribution in [3.8, 4) is 5.75 Å². The molecule has 0 radical (unpaired) electrons. The van der Waals surface area contributed by atoms with Crippen LogP contribution < -0.4 is 4.90 Å². The molecule has 2 aromatic carbocycles. The Morgan fingerprint density at radius 3 is 2.67 bits per heavy atom. The number of hydrogen-bond donors (Lipinski definition) is 1. The van der Waals surface area contributed by atoms with Gasteiger partial charge in [-0.1, -0.05) is 12.1 Å². The summed E-state index contributed by atoms with van der Waals surface area (Å²) in [5.41, 5.74) is 1.44. The van der Waals surface area contributed by atoms with Gasteiger partial charge in [-0.2, -0.15) is 0 Å². The van der Waals surface area contributed by atoms with Gasteiger partial charge in [-0.15, -0.1) is 0 Å². The van der Waals surface area contributed by atoms with Crippen molar-refractivity contribution in [1.82, 2.24) is 0 Å². The molecule has 4 nitrogen and oxygen atoms in total. The number of methoxy groups -OCH3 is 1. The monoisotopic (exact) mass is 289 g/mol. The maximum absolute atomic E-state index is 13.8. The van der Waals surface area contributed by atoms with Gasteiger partial charge in [-0.05, 0) is 29.8 Å². The molecule has 110 valence electrons. The minimum absolute atomic E-state index is 0.0822. The molecule has 0 aliphatic heterocycles. The molecule has 0 aliphatic carbocycles. The lowest BCUT2D eigenvalue weighted by Crippen LogP contribution is -2.16. The zero-order valence-electron chi connectivity index (χ0n) is 11.8. The number of nitrogens with zero attached hydrogens (tertiary/aromatic N) is 1. The van der Waals surface area contributed by atoms with Crippen molar-refractivity contribution in [1.29, 1.82) is 0 Å². The molecule has 1 N–H and O–H groups in total. The van der Waals surface area contributed by atoms with E-state index >= 15 is 0 Å². The zero-order chi connectivity index (χ0) is 15.4. The van der Waals surface area contributed by atoms with Gasteiger partial charge >= 0.3 is 5.97 Å². The molecule has 0 bridgehead atoms. The first kappa shape index (κ1) is 14.8. The molecule has 0 aromatic heterocycles. The summed E-state index contributed by atoms with van der Waals surface area (Å²) < 4.78 is 18.3. The summed E-state index contributed by atoms with van der Waals surface area (Å²) in [7, 11) is 3.05. The van der Waals surface area contributed by atoms with E-state index in [-0.39, 0.29) is 11.3 Å². The van der Waals surface area contributed by atoms with Crippen LogP contribution in [0.15, 0.2) is 42.5 Å². The third kappa shape index (κ3) is 3.51. The SMILES string of the molecule is COC(=O)c1ccc(CN(C)c2cccc(O)c2)cc1F. The van der Waals surface area contributed by atoms with Crippen molar-refractivity contribution in [2.45, 2.75) is 6.54 Å². The Morgan fingerprint density at radius 1 is 1.29 bits per heavy atom. The van der Waals surface area contributed by atoms with Crippen molar-refractivity contribution in [2.24, 2.45) is 0 Å². The van der Waals surface area contributed by atoms with Crippen LogP contribution in [0.3, 0.4) is 0 Å². The molecule has 0 spiro atoms. The quantitative estimate of drug-likeness (QED) is 0.879. The number of benzene rings is 2. The number of phenolic OH excluding ortho intramolecular Hbond substituents is 1. The molecule has 0 saturated heterocycles. The molecule has 0 heterocycles. The highest BCUT2D eigenvalue weighted by molar-refractivity contribution is 5.89. The van der Waals surface area contributed by atoms with Gasteiger partial charge in [0.05, 0.1) is 12.7 Å². The van der Waals surface area contributed by atoms with Crippen LogP contribution in [-0.4, -0.2) is 25.2 Å². The minimum Gasteiger partial charge on any atom is -0.508 e. The molecule has 0 amide bonds. The van der Waals surface area contributed by atoms with Crippen LogP contribution in [0.1, 0.15) is 15.9 Å². The van der Waals surface area contributed by atoms with E-state index in [1.807, 2.05) is 18.0 Å². The topological polar surface area (TPSA) is 49.8 Å². The van der Waals surface area contributed by atoms with Gasteiger partial charge in [0, 0.05) is 25.3 Å². The van der Waals surface area contributed by atoms with E-state index in [1.165, 1.54) is 19.2 Å². The normalized spacial score (nSPS) is 10.2. The lowest BCUT2D eigenvalue weighted by molar-refractivity contribution is 0.0595. The number of halogens is 1. The molecule has 0 fully saturated rings. The number of hydrogen-bond acceptors (Lipinski definition) is 4. The third-order valence-electron chi connectivity index (χ3n) is 3.13. The summed E-state index contributed by atoms with van der Waals surface area (Å²) in [4.78, 5) is 13.2. The second-order valence-corrected chi connectivity index (χ2v) is 4.68. The van der Waals surface area contributed by atoms with Crippen molar-refractivity contribution >= 4 is 11.7 Å². The van der Waals surface area contributed by atoms with Crippen LogP contribution in [-0.2, 0) is 11.3 Å². The smallest absolute Gasteiger partial charge is 0.340 e. The fourth-order valence-corrected chi connectivity index (χ4v) is 2.03. The van der Waals surface area contributed by atoms with Crippen LogP contribution in [0.2, 0.25) is 0 Å². The van der Waals surface area contributed by atoms with Crippen LogP contribution >= 0.6 is 0 Å². The van der Waals surface area contributed by atoms with Crippen LogP contribution in [0, 0.1) is 5.82 Å². The van der Waals surface area contributed by atoms with Crippen LogP contribution in [0.25, 0.3) is 0 Å². The largest absolute Gasteiger partial charge is 0.508 e. The first-order valence-corrected chi connectivity index (χ1v) is 6.38. The number of esters is 1. The Bertz CT molecular complexity index is 658. The second-order valence-electron chi connectivity index (χ2n) is 4.68. The number of anilines is 1. The Hall–Kier alpha value is -2.56. The zero-order valence-corrected chi connectivity index (χ0v) is 11.8. The average molecular weight is 289 g/mol.